The highest BCUT2D eigenvalue weighted by molar-refractivity contribution is 6.30. The molecule has 2 N–H and O–H groups in total. The molecular formula is C14H20ClNO. The van der Waals surface area contributed by atoms with Crippen LogP contribution in [0.2, 0.25) is 5.02 Å². The molecule has 2 nitrogen and oxygen atoms in total. The number of nitrogens with one attached hydrogen (secondary N) is 1. The van der Waals surface area contributed by atoms with Gasteiger partial charge < -0.3 is 10.4 Å². The van der Waals surface area contributed by atoms with E-state index in [0.29, 0.717) is 5.02 Å². The fourth-order valence-corrected chi connectivity index (χ4v) is 2.94. The van der Waals surface area contributed by atoms with Gasteiger partial charge in [-0.1, -0.05) is 30.7 Å². The van der Waals surface area contributed by atoms with Crippen molar-refractivity contribution in [2.75, 3.05) is 13.1 Å². The van der Waals surface area contributed by atoms with Gasteiger partial charge in [0.25, 0.3) is 0 Å². The van der Waals surface area contributed by atoms with E-state index in [0.717, 1.165) is 37.9 Å². The van der Waals surface area contributed by atoms with E-state index in [9.17, 15) is 5.11 Å². The highest BCUT2D eigenvalue weighted by atomic mass is 35.5. The van der Waals surface area contributed by atoms with E-state index in [4.69, 9.17) is 11.6 Å². The van der Waals surface area contributed by atoms with E-state index in [1.807, 2.05) is 31.2 Å². The first-order valence-corrected chi connectivity index (χ1v) is 6.73. The summed E-state index contributed by atoms with van der Waals surface area (Å²) in [4.78, 5) is 0. The average molecular weight is 254 g/mol. The lowest BCUT2D eigenvalue weighted by Crippen LogP contribution is -2.43. The van der Waals surface area contributed by atoms with Crippen molar-refractivity contribution in [3.05, 3.63) is 34.9 Å². The number of hydrogen-bond acceptors (Lipinski definition) is 2. The molecule has 1 fully saturated rings. The second-order valence-electron chi connectivity index (χ2n) is 4.83. The van der Waals surface area contributed by atoms with Crippen LogP contribution >= 0.6 is 11.6 Å². The molecule has 17 heavy (non-hydrogen) atoms. The zero-order valence-corrected chi connectivity index (χ0v) is 11.0. The van der Waals surface area contributed by atoms with Crippen molar-refractivity contribution in [1.82, 2.24) is 5.32 Å². The van der Waals surface area contributed by atoms with Crippen molar-refractivity contribution >= 4 is 11.6 Å². The molecule has 2 atom stereocenters. The first-order valence-electron chi connectivity index (χ1n) is 6.36. The molecule has 1 aromatic rings. The normalized spacial score (nSPS) is 24.3. The quantitative estimate of drug-likeness (QED) is 0.868. The fourth-order valence-electron chi connectivity index (χ4n) is 2.75. The Morgan fingerprint density at radius 1 is 1.53 bits per heavy atom. The summed E-state index contributed by atoms with van der Waals surface area (Å²) in [6.45, 7) is 3.98. The Balaban J connectivity index is 2.29. The molecule has 1 heterocycles. The molecule has 2 rings (SSSR count). The van der Waals surface area contributed by atoms with Gasteiger partial charge in [-0.3, -0.25) is 0 Å². The third kappa shape index (κ3) is 2.65. The Hall–Kier alpha value is -0.570. The first kappa shape index (κ1) is 12.9. The Labute approximate surface area is 108 Å². The van der Waals surface area contributed by atoms with Crippen LogP contribution in [0.1, 0.15) is 31.7 Å². The van der Waals surface area contributed by atoms with Gasteiger partial charge in [-0.2, -0.15) is 0 Å². The Morgan fingerprint density at radius 3 is 2.94 bits per heavy atom. The van der Waals surface area contributed by atoms with Crippen LogP contribution in [0, 0.1) is 5.92 Å². The van der Waals surface area contributed by atoms with Gasteiger partial charge in [-0.05, 0) is 43.5 Å². The van der Waals surface area contributed by atoms with E-state index in [1.54, 1.807) is 0 Å². The van der Waals surface area contributed by atoms with Crippen molar-refractivity contribution in [3.8, 4) is 0 Å². The summed E-state index contributed by atoms with van der Waals surface area (Å²) in [5.41, 5.74) is 0.194. The van der Waals surface area contributed by atoms with Gasteiger partial charge in [0.1, 0.15) is 0 Å². The predicted molar refractivity (Wildman–Crippen MR) is 71.2 cm³/mol. The van der Waals surface area contributed by atoms with E-state index in [-0.39, 0.29) is 5.92 Å². The second-order valence-corrected chi connectivity index (χ2v) is 5.27. The molecule has 1 aliphatic rings. The molecule has 0 saturated carbocycles. The van der Waals surface area contributed by atoms with Crippen LogP contribution in [0.5, 0.6) is 0 Å². The predicted octanol–water partition coefficient (Wildman–Crippen LogP) is 2.94. The third-order valence-corrected chi connectivity index (χ3v) is 4.07. The summed E-state index contributed by atoms with van der Waals surface area (Å²) in [6.07, 6.45) is 2.93. The molecule has 0 radical (unpaired) electrons. The number of rotatable bonds is 3. The van der Waals surface area contributed by atoms with Gasteiger partial charge in [-0.25, -0.2) is 0 Å². The van der Waals surface area contributed by atoms with Crippen LogP contribution in [0.4, 0.5) is 0 Å². The minimum atomic E-state index is -0.752. The van der Waals surface area contributed by atoms with Crippen LogP contribution in [0.25, 0.3) is 0 Å². The van der Waals surface area contributed by atoms with Crippen molar-refractivity contribution in [1.29, 1.82) is 0 Å². The van der Waals surface area contributed by atoms with Gasteiger partial charge in [0, 0.05) is 17.5 Å². The van der Waals surface area contributed by atoms with Gasteiger partial charge >= 0.3 is 0 Å². The van der Waals surface area contributed by atoms with E-state index in [1.165, 1.54) is 0 Å². The minimum absolute atomic E-state index is 0.278. The van der Waals surface area contributed by atoms with Gasteiger partial charge in [0.05, 0.1) is 5.60 Å². The number of benzene rings is 1. The lowest BCUT2D eigenvalue weighted by molar-refractivity contribution is -0.0366. The van der Waals surface area contributed by atoms with Gasteiger partial charge in [-0.15, -0.1) is 0 Å². The second kappa shape index (κ2) is 5.38. The minimum Gasteiger partial charge on any atom is -0.385 e. The van der Waals surface area contributed by atoms with Crippen molar-refractivity contribution in [2.45, 2.75) is 31.8 Å². The summed E-state index contributed by atoms with van der Waals surface area (Å²) in [6, 6.07) is 7.62. The lowest BCUT2D eigenvalue weighted by atomic mass is 9.76. The molecule has 3 heteroatoms. The molecule has 1 aromatic carbocycles. The maximum atomic E-state index is 10.9. The molecule has 1 aliphatic heterocycles. The largest absolute Gasteiger partial charge is 0.385 e. The monoisotopic (exact) mass is 253 g/mol. The highest BCUT2D eigenvalue weighted by Crippen LogP contribution is 2.37. The molecule has 0 aliphatic carbocycles. The van der Waals surface area contributed by atoms with Crippen molar-refractivity contribution in [2.24, 2.45) is 5.92 Å². The third-order valence-electron chi connectivity index (χ3n) is 3.84. The average Bonchev–Trinajstić information content (AvgIpc) is 2.39. The zero-order valence-electron chi connectivity index (χ0n) is 10.2. The Kier molecular flexibility index (Phi) is 4.08. The number of aliphatic hydroxyl groups is 1. The van der Waals surface area contributed by atoms with Crippen LogP contribution in [-0.4, -0.2) is 18.2 Å². The summed E-state index contributed by atoms with van der Waals surface area (Å²) < 4.78 is 0. The number of hydrogen-bond donors (Lipinski definition) is 2. The SMILES string of the molecule is CCC(O)(c1cccc(Cl)c1)C1CCCNC1. The summed E-state index contributed by atoms with van der Waals surface area (Å²) in [5, 5.41) is 15.0. The van der Waals surface area contributed by atoms with E-state index < -0.39 is 5.60 Å². The first-order chi connectivity index (χ1) is 8.16. The van der Waals surface area contributed by atoms with E-state index in [2.05, 4.69) is 5.32 Å². The molecule has 2 unspecified atom stereocenters. The fraction of sp³-hybridized carbons (Fsp3) is 0.571. The van der Waals surface area contributed by atoms with Gasteiger partial charge in [0.2, 0.25) is 0 Å². The van der Waals surface area contributed by atoms with Crippen LogP contribution in [0.3, 0.4) is 0 Å². The topological polar surface area (TPSA) is 32.3 Å². The molecular weight excluding hydrogens is 234 g/mol. The number of halogens is 1. The maximum absolute atomic E-state index is 10.9. The van der Waals surface area contributed by atoms with Gasteiger partial charge in [0.15, 0.2) is 0 Å². The molecule has 94 valence electrons. The highest BCUT2D eigenvalue weighted by Gasteiger charge is 2.37. The molecule has 0 aromatic heterocycles. The summed E-state index contributed by atoms with van der Waals surface area (Å²) in [5.74, 6) is 0.278. The molecule has 0 amide bonds. The molecule has 1 saturated heterocycles. The summed E-state index contributed by atoms with van der Waals surface area (Å²) >= 11 is 6.02. The van der Waals surface area contributed by atoms with E-state index >= 15 is 0 Å². The van der Waals surface area contributed by atoms with Crippen LogP contribution in [-0.2, 0) is 5.60 Å². The molecule has 0 bridgehead atoms. The standard InChI is InChI=1S/C14H20ClNO/c1-2-14(17,12-6-4-8-16-10-12)11-5-3-7-13(15)9-11/h3,5,7,9,12,16-17H,2,4,6,8,10H2,1H3. The van der Waals surface area contributed by atoms with Crippen molar-refractivity contribution < 1.29 is 5.11 Å². The lowest BCUT2D eigenvalue weighted by Gasteiger charge is -2.38. The smallest absolute Gasteiger partial charge is 0.0934 e. The van der Waals surface area contributed by atoms with Crippen molar-refractivity contribution in [3.63, 3.8) is 0 Å². The Bertz CT molecular complexity index is 376. The number of piperidine rings is 1. The van der Waals surface area contributed by atoms with Crippen LogP contribution < -0.4 is 5.32 Å². The maximum Gasteiger partial charge on any atom is 0.0934 e. The summed E-state index contributed by atoms with van der Waals surface area (Å²) in [7, 11) is 0. The zero-order chi connectivity index (χ0) is 12.3. The van der Waals surface area contributed by atoms with Crippen LogP contribution in [0.15, 0.2) is 24.3 Å². The Morgan fingerprint density at radius 2 is 2.35 bits per heavy atom. The molecule has 0 spiro atoms.